The quantitative estimate of drug-likeness (QED) is 0.778. The predicted molar refractivity (Wildman–Crippen MR) is 96.0 cm³/mol. The van der Waals surface area contributed by atoms with E-state index in [9.17, 15) is 0 Å². The van der Waals surface area contributed by atoms with Crippen molar-refractivity contribution in [1.82, 2.24) is 10.6 Å². The van der Waals surface area contributed by atoms with Crippen molar-refractivity contribution in [2.45, 2.75) is 32.7 Å². The maximum Gasteiger partial charge on any atom is 0.167 e. The average Bonchev–Trinajstić information content (AvgIpc) is 3.00. The number of hydrogen-bond donors (Lipinski definition) is 2. The van der Waals surface area contributed by atoms with Gasteiger partial charge >= 0.3 is 0 Å². The van der Waals surface area contributed by atoms with E-state index in [4.69, 9.17) is 12.2 Å². The Kier molecular flexibility index (Phi) is 6.21. The fourth-order valence-corrected chi connectivity index (χ4v) is 3.35. The van der Waals surface area contributed by atoms with Crippen molar-refractivity contribution < 1.29 is 0 Å². The van der Waals surface area contributed by atoms with E-state index in [0.29, 0.717) is 5.11 Å². The highest BCUT2D eigenvalue weighted by molar-refractivity contribution is 7.80. The van der Waals surface area contributed by atoms with Crippen molar-refractivity contribution >= 4 is 28.7 Å². The third-order valence-corrected chi connectivity index (χ3v) is 4.49. The van der Waals surface area contributed by atoms with Crippen LogP contribution in [0.5, 0.6) is 0 Å². The molecule has 0 saturated heterocycles. The van der Waals surface area contributed by atoms with Crippen molar-refractivity contribution in [3.8, 4) is 0 Å². The molecule has 2 rings (SSSR count). The van der Waals surface area contributed by atoms with Crippen LogP contribution < -0.4 is 10.6 Å². The first-order valence-corrected chi connectivity index (χ1v) is 8.70. The van der Waals surface area contributed by atoms with Gasteiger partial charge in [-0.1, -0.05) is 43.7 Å². The van der Waals surface area contributed by atoms with Gasteiger partial charge in [0.1, 0.15) is 0 Å². The molecule has 1 aromatic heterocycles. The number of rotatable bonds is 6. The molecular formula is C17H22N2S2. The van der Waals surface area contributed by atoms with Crippen molar-refractivity contribution in [2.75, 3.05) is 6.54 Å². The van der Waals surface area contributed by atoms with Crippen LogP contribution in [0.3, 0.4) is 0 Å². The lowest BCUT2D eigenvalue weighted by Gasteiger charge is -2.20. The van der Waals surface area contributed by atoms with Gasteiger partial charge in [-0.3, -0.25) is 0 Å². The van der Waals surface area contributed by atoms with Crippen molar-refractivity contribution in [1.29, 1.82) is 0 Å². The lowest BCUT2D eigenvalue weighted by Crippen LogP contribution is -2.37. The molecule has 0 amide bonds. The van der Waals surface area contributed by atoms with E-state index in [1.807, 2.05) is 6.92 Å². The van der Waals surface area contributed by atoms with E-state index < -0.39 is 0 Å². The van der Waals surface area contributed by atoms with Gasteiger partial charge in [-0.15, -0.1) is 11.3 Å². The number of thiocarbonyl (C=S) groups is 1. The first kappa shape index (κ1) is 16.0. The van der Waals surface area contributed by atoms with Crippen LogP contribution in [-0.2, 0) is 6.42 Å². The first-order valence-electron chi connectivity index (χ1n) is 7.41. The Bertz CT molecular complexity index is 547. The fraction of sp³-hybridized carbons (Fsp3) is 0.353. The summed E-state index contributed by atoms with van der Waals surface area (Å²) >= 11 is 7.10. The van der Waals surface area contributed by atoms with E-state index in [-0.39, 0.29) is 6.04 Å². The fourth-order valence-electron chi connectivity index (χ4n) is 2.28. The molecule has 2 N–H and O–H groups in total. The summed E-state index contributed by atoms with van der Waals surface area (Å²) in [5, 5.41) is 9.39. The second-order valence-electron chi connectivity index (χ2n) is 4.94. The highest BCUT2D eigenvalue weighted by Gasteiger charge is 2.16. The minimum absolute atomic E-state index is 0.118. The lowest BCUT2D eigenvalue weighted by molar-refractivity contribution is 0.754. The van der Waals surface area contributed by atoms with Gasteiger partial charge < -0.3 is 10.6 Å². The molecule has 0 aliphatic rings. The molecule has 2 nitrogen and oxygen atoms in total. The minimum atomic E-state index is 0.118. The standard InChI is InChI=1S/C17H22N2S2/c1-3-6-13-8-10-14(11-9-13)16(15-7-5-12-21-15)19-17(20)18-4-2/h5,7-12,16H,3-4,6H2,1-2H3,(H2,18,19,20)/t16-/m1/s1. The SMILES string of the molecule is CCCc1ccc([C@@H](NC(=S)NCC)c2cccs2)cc1. The first-order chi connectivity index (χ1) is 10.2. The van der Waals surface area contributed by atoms with Crippen molar-refractivity contribution in [2.24, 2.45) is 0 Å². The Labute approximate surface area is 136 Å². The zero-order valence-electron chi connectivity index (χ0n) is 12.6. The van der Waals surface area contributed by atoms with Crippen LogP contribution in [0.15, 0.2) is 41.8 Å². The zero-order valence-corrected chi connectivity index (χ0v) is 14.2. The normalized spacial score (nSPS) is 11.9. The second kappa shape index (κ2) is 8.15. The van der Waals surface area contributed by atoms with Crippen LogP contribution in [0, 0.1) is 0 Å². The summed E-state index contributed by atoms with van der Waals surface area (Å²) < 4.78 is 0. The number of hydrogen-bond acceptors (Lipinski definition) is 2. The maximum atomic E-state index is 5.35. The minimum Gasteiger partial charge on any atom is -0.363 e. The number of benzene rings is 1. The van der Waals surface area contributed by atoms with Crippen LogP contribution in [0.2, 0.25) is 0 Å². The number of aryl methyl sites for hydroxylation is 1. The van der Waals surface area contributed by atoms with Gasteiger partial charge in [0.15, 0.2) is 5.11 Å². The molecule has 0 unspecified atom stereocenters. The molecule has 0 aliphatic heterocycles. The molecule has 1 heterocycles. The Hall–Kier alpha value is -1.39. The Morgan fingerprint density at radius 3 is 2.52 bits per heavy atom. The van der Waals surface area contributed by atoms with E-state index in [2.05, 4.69) is 59.3 Å². The summed E-state index contributed by atoms with van der Waals surface area (Å²) in [6.45, 7) is 5.09. The van der Waals surface area contributed by atoms with Crippen LogP contribution in [0.1, 0.15) is 42.3 Å². The molecule has 1 atom stereocenters. The molecule has 0 fully saturated rings. The molecule has 21 heavy (non-hydrogen) atoms. The van der Waals surface area contributed by atoms with Gasteiger partial charge in [-0.25, -0.2) is 0 Å². The molecule has 0 aliphatic carbocycles. The summed E-state index contributed by atoms with van der Waals surface area (Å²) in [5.41, 5.74) is 2.64. The summed E-state index contributed by atoms with van der Waals surface area (Å²) in [6.07, 6.45) is 2.31. The Balaban J connectivity index is 2.20. The lowest BCUT2D eigenvalue weighted by atomic mass is 10.0. The van der Waals surface area contributed by atoms with Crippen molar-refractivity contribution in [3.63, 3.8) is 0 Å². The third kappa shape index (κ3) is 4.55. The van der Waals surface area contributed by atoms with Crippen LogP contribution in [0.25, 0.3) is 0 Å². The number of thiophene rings is 1. The topological polar surface area (TPSA) is 24.1 Å². The van der Waals surface area contributed by atoms with Gasteiger partial charge in [0.2, 0.25) is 0 Å². The molecule has 0 radical (unpaired) electrons. The van der Waals surface area contributed by atoms with Gasteiger partial charge in [-0.2, -0.15) is 0 Å². The maximum absolute atomic E-state index is 5.35. The third-order valence-electron chi connectivity index (χ3n) is 3.29. The average molecular weight is 319 g/mol. The molecule has 0 bridgehead atoms. The summed E-state index contributed by atoms with van der Waals surface area (Å²) in [5.74, 6) is 0. The molecule has 2 aromatic rings. The van der Waals surface area contributed by atoms with Gasteiger partial charge in [0.25, 0.3) is 0 Å². The molecular weight excluding hydrogens is 296 g/mol. The smallest absolute Gasteiger partial charge is 0.167 e. The van der Waals surface area contributed by atoms with Crippen LogP contribution >= 0.6 is 23.6 Å². The number of nitrogens with one attached hydrogen (secondary N) is 2. The molecule has 4 heteroatoms. The van der Waals surface area contributed by atoms with Gasteiger partial charge in [-0.05, 0) is 48.1 Å². The van der Waals surface area contributed by atoms with Gasteiger partial charge in [0, 0.05) is 11.4 Å². The Morgan fingerprint density at radius 1 is 1.19 bits per heavy atom. The summed E-state index contributed by atoms with van der Waals surface area (Å²) in [7, 11) is 0. The highest BCUT2D eigenvalue weighted by atomic mass is 32.1. The zero-order chi connectivity index (χ0) is 15.1. The summed E-state index contributed by atoms with van der Waals surface area (Å²) in [4.78, 5) is 1.28. The van der Waals surface area contributed by atoms with E-state index in [1.165, 1.54) is 22.4 Å². The Morgan fingerprint density at radius 2 is 1.95 bits per heavy atom. The van der Waals surface area contributed by atoms with Crippen LogP contribution in [0.4, 0.5) is 0 Å². The summed E-state index contributed by atoms with van der Waals surface area (Å²) in [6, 6.07) is 13.2. The molecule has 0 saturated carbocycles. The largest absolute Gasteiger partial charge is 0.363 e. The molecule has 112 valence electrons. The highest BCUT2D eigenvalue weighted by Crippen LogP contribution is 2.26. The molecule has 0 spiro atoms. The van der Waals surface area contributed by atoms with E-state index in [1.54, 1.807) is 11.3 Å². The predicted octanol–water partition coefficient (Wildman–Crippen LogP) is 4.27. The molecule has 1 aromatic carbocycles. The van der Waals surface area contributed by atoms with Gasteiger partial charge in [0.05, 0.1) is 6.04 Å². The van der Waals surface area contributed by atoms with Crippen molar-refractivity contribution in [3.05, 3.63) is 57.8 Å². The van der Waals surface area contributed by atoms with E-state index in [0.717, 1.165) is 13.0 Å². The second-order valence-corrected chi connectivity index (χ2v) is 6.33. The monoisotopic (exact) mass is 318 g/mol. The van der Waals surface area contributed by atoms with E-state index >= 15 is 0 Å². The van der Waals surface area contributed by atoms with Crippen LogP contribution in [-0.4, -0.2) is 11.7 Å².